The molecule has 0 saturated heterocycles. The van der Waals surface area contributed by atoms with E-state index in [0.29, 0.717) is 29.6 Å². The first-order chi connectivity index (χ1) is 14.9. The summed E-state index contributed by atoms with van der Waals surface area (Å²) in [4.78, 5) is 41.4. The Bertz CT molecular complexity index is 924. The number of anilines is 1. The first-order valence-corrected chi connectivity index (χ1v) is 12.1. The summed E-state index contributed by atoms with van der Waals surface area (Å²) in [7, 11) is 1.36. The molecule has 2 heterocycles. The van der Waals surface area contributed by atoms with E-state index in [1.807, 2.05) is 24.4 Å². The van der Waals surface area contributed by atoms with Crippen LogP contribution >= 0.6 is 22.7 Å². The molecule has 168 valence electrons. The Balaban J connectivity index is 1.61. The SMILES string of the molecule is CCN(CC(=O)NCc1cccs1)CC(=O)Nc1sc2c(c1C(=O)OC)CC[C@H](C)C2. The van der Waals surface area contributed by atoms with Gasteiger partial charge in [0.2, 0.25) is 11.8 Å². The molecule has 7 nitrogen and oxygen atoms in total. The number of nitrogens with zero attached hydrogens (tertiary/aromatic N) is 1. The van der Waals surface area contributed by atoms with E-state index in [4.69, 9.17) is 4.74 Å². The number of fused-ring (bicyclic) bond motifs is 1. The summed E-state index contributed by atoms with van der Waals surface area (Å²) in [5.74, 6) is -0.227. The number of amides is 2. The lowest BCUT2D eigenvalue weighted by atomic mass is 9.88. The molecule has 9 heteroatoms. The number of carbonyl (C=O) groups excluding carboxylic acids is 3. The van der Waals surface area contributed by atoms with Crippen molar-refractivity contribution >= 4 is 45.5 Å². The van der Waals surface area contributed by atoms with Crippen LogP contribution in [0.1, 0.15) is 45.9 Å². The molecule has 0 aromatic carbocycles. The van der Waals surface area contributed by atoms with E-state index in [9.17, 15) is 14.4 Å². The molecule has 0 spiro atoms. The molecule has 0 fully saturated rings. The predicted molar refractivity (Wildman–Crippen MR) is 124 cm³/mol. The van der Waals surface area contributed by atoms with Crippen molar-refractivity contribution in [2.24, 2.45) is 5.92 Å². The van der Waals surface area contributed by atoms with E-state index in [-0.39, 0.29) is 24.9 Å². The van der Waals surface area contributed by atoms with Crippen molar-refractivity contribution in [1.82, 2.24) is 10.2 Å². The molecule has 0 aliphatic heterocycles. The molecule has 2 N–H and O–H groups in total. The number of nitrogens with one attached hydrogen (secondary N) is 2. The molecule has 0 saturated carbocycles. The fourth-order valence-electron chi connectivity index (χ4n) is 3.66. The van der Waals surface area contributed by atoms with Crippen LogP contribution in [0, 0.1) is 5.92 Å². The molecule has 2 amide bonds. The van der Waals surface area contributed by atoms with Crippen molar-refractivity contribution in [3.8, 4) is 0 Å². The van der Waals surface area contributed by atoms with Crippen LogP contribution in [0.25, 0.3) is 0 Å². The van der Waals surface area contributed by atoms with Gasteiger partial charge in [-0.25, -0.2) is 4.79 Å². The highest BCUT2D eigenvalue weighted by Crippen LogP contribution is 2.40. The topological polar surface area (TPSA) is 87.7 Å². The Kier molecular flexibility index (Phi) is 8.22. The quantitative estimate of drug-likeness (QED) is 0.557. The minimum absolute atomic E-state index is 0.0719. The van der Waals surface area contributed by atoms with Crippen LogP contribution in [-0.2, 0) is 33.7 Å². The molecule has 2 aromatic heterocycles. The second kappa shape index (κ2) is 10.9. The fraction of sp³-hybridized carbons (Fsp3) is 0.500. The minimum Gasteiger partial charge on any atom is -0.465 e. The largest absolute Gasteiger partial charge is 0.465 e. The molecule has 3 rings (SSSR count). The van der Waals surface area contributed by atoms with E-state index in [0.717, 1.165) is 34.6 Å². The highest BCUT2D eigenvalue weighted by atomic mass is 32.1. The van der Waals surface area contributed by atoms with Gasteiger partial charge < -0.3 is 15.4 Å². The van der Waals surface area contributed by atoms with Gasteiger partial charge in [-0.3, -0.25) is 14.5 Å². The van der Waals surface area contributed by atoms with E-state index in [1.165, 1.54) is 18.4 Å². The molecule has 1 aliphatic rings. The van der Waals surface area contributed by atoms with Gasteiger partial charge in [0.25, 0.3) is 0 Å². The van der Waals surface area contributed by atoms with Gasteiger partial charge in [-0.05, 0) is 48.7 Å². The first kappa shape index (κ1) is 23.4. The van der Waals surface area contributed by atoms with E-state index in [2.05, 4.69) is 17.6 Å². The molecule has 2 aromatic rings. The molecule has 0 bridgehead atoms. The van der Waals surface area contributed by atoms with Crippen LogP contribution < -0.4 is 10.6 Å². The smallest absolute Gasteiger partial charge is 0.341 e. The molecule has 1 atom stereocenters. The maximum Gasteiger partial charge on any atom is 0.341 e. The Morgan fingerprint density at radius 2 is 2.03 bits per heavy atom. The van der Waals surface area contributed by atoms with Gasteiger partial charge in [0.05, 0.1) is 32.3 Å². The van der Waals surface area contributed by atoms with Crippen LogP contribution in [-0.4, -0.2) is 49.4 Å². The van der Waals surface area contributed by atoms with Crippen molar-refractivity contribution in [1.29, 1.82) is 0 Å². The van der Waals surface area contributed by atoms with Crippen molar-refractivity contribution < 1.29 is 19.1 Å². The lowest BCUT2D eigenvalue weighted by Gasteiger charge is -2.19. The number of esters is 1. The van der Waals surface area contributed by atoms with Crippen molar-refractivity contribution in [3.05, 3.63) is 38.4 Å². The molecule has 0 radical (unpaired) electrons. The number of hydrogen-bond acceptors (Lipinski definition) is 7. The average Bonchev–Trinajstić information content (AvgIpc) is 3.38. The lowest BCUT2D eigenvalue weighted by Crippen LogP contribution is -2.40. The van der Waals surface area contributed by atoms with E-state index < -0.39 is 5.97 Å². The second-order valence-corrected chi connectivity index (χ2v) is 9.89. The van der Waals surface area contributed by atoms with Crippen LogP contribution in [0.5, 0.6) is 0 Å². The summed E-state index contributed by atoms with van der Waals surface area (Å²) in [6, 6.07) is 3.91. The zero-order valence-electron chi connectivity index (χ0n) is 18.2. The summed E-state index contributed by atoms with van der Waals surface area (Å²) in [5, 5.41) is 8.30. The van der Waals surface area contributed by atoms with Gasteiger partial charge in [0.1, 0.15) is 5.00 Å². The third-order valence-corrected chi connectivity index (χ3v) is 7.42. The van der Waals surface area contributed by atoms with Crippen LogP contribution in [0.4, 0.5) is 5.00 Å². The zero-order chi connectivity index (χ0) is 22.4. The van der Waals surface area contributed by atoms with E-state index >= 15 is 0 Å². The van der Waals surface area contributed by atoms with Crippen molar-refractivity contribution in [2.75, 3.05) is 32.1 Å². The molecular formula is C22H29N3O4S2. The highest BCUT2D eigenvalue weighted by molar-refractivity contribution is 7.17. The Hall–Kier alpha value is -2.23. The zero-order valence-corrected chi connectivity index (χ0v) is 19.8. The standard InChI is InChI=1S/C22H29N3O4S2/c1-4-25(12-18(26)23-11-15-6-5-9-30-15)13-19(27)24-21-20(22(28)29-3)16-8-7-14(2)10-17(16)31-21/h5-6,9,14H,4,7-8,10-13H2,1-3H3,(H,23,26)(H,24,27)/t14-/m0/s1. The Morgan fingerprint density at radius 1 is 1.26 bits per heavy atom. The van der Waals surface area contributed by atoms with Crippen LogP contribution in [0.15, 0.2) is 17.5 Å². The van der Waals surface area contributed by atoms with Gasteiger partial charge >= 0.3 is 5.97 Å². The molecule has 1 aliphatic carbocycles. The van der Waals surface area contributed by atoms with Gasteiger partial charge in [-0.1, -0.05) is 19.9 Å². The highest BCUT2D eigenvalue weighted by Gasteiger charge is 2.29. The Labute approximate surface area is 190 Å². The maximum absolute atomic E-state index is 12.7. The molecule has 0 unspecified atom stereocenters. The number of thiophene rings is 2. The summed E-state index contributed by atoms with van der Waals surface area (Å²) in [6.07, 6.45) is 2.75. The Morgan fingerprint density at radius 3 is 2.71 bits per heavy atom. The number of rotatable bonds is 9. The third-order valence-electron chi connectivity index (χ3n) is 5.38. The van der Waals surface area contributed by atoms with Gasteiger partial charge in [0, 0.05) is 9.75 Å². The normalized spacial score (nSPS) is 15.4. The number of carbonyl (C=O) groups is 3. The summed E-state index contributed by atoms with van der Waals surface area (Å²) < 4.78 is 4.98. The van der Waals surface area contributed by atoms with Crippen molar-refractivity contribution in [3.63, 3.8) is 0 Å². The first-order valence-electron chi connectivity index (χ1n) is 10.4. The van der Waals surface area contributed by atoms with Crippen LogP contribution in [0.2, 0.25) is 0 Å². The monoisotopic (exact) mass is 463 g/mol. The van der Waals surface area contributed by atoms with Gasteiger partial charge in [0.15, 0.2) is 0 Å². The van der Waals surface area contributed by atoms with Crippen LogP contribution in [0.3, 0.4) is 0 Å². The number of methoxy groups -OCH3 is 1. The number of ether oxygens (including phenoxy) is 1. The lowest BCUT2D eigenvalue weighted by molar-refractivity contribution is -0.123. The molecular weight excluding hydrogens is 434 g/mol. The fourth-order valence-corrected chi connectivity index (χ4v) is 5.72. The summed E-state index contributed by atoms with van der Waals surface area (Å²) >= 11 is 3.05. The number of likely N-dealkylation sites (N-methyl/N-ethyl adjacent to an activating group) is 1. The predicted octanol–water partition coefficient (Wildman–Crippen LogP) is 3.30. The van der Waals surface area contributed by atoms with Gasteiger partial charge in [-0.15, -0.1) is 22.7 Å². The summed E-state index contributed by atoms with van der Waals surface area (Å²) in [6.45, 7) is 5.36. The van der Waals surface area contributed by atoms with Crippen molar-refractivity contribution in [2.45, 2.75) is 39.7 Å². The van der Waals surface area contributed by atoms with E-state index in [1.54, 1.807) is 16.2 Å². The number of hydrogen-bond donors (Lipinski definition) is 2. The summed E-state index contributed by atoms with van der Waals surface area (Å²) in [5.41, 5.74) is 1.49. The van der Waals surface area contributed by atoms with Gasteiger partial charge in [-0.2, -0.15) is 0 Å². The average molecular weight is 464 g/mol. The second-order valence-electron chi connectivity index (χ2n) is 7.76. The molecule has 31 heavy (non-hydrogen) atoms. The third kappa shape index (κ3) is 6.15. The maximum atomic E-state index is 12.7. The minimum atomic E-state index is -0.414.